The normalized spacial score (nSPS) is 11.3. The number of ether oxygens (including phenoxy) is 1. The molecule has 0 bridgehead atoms. The van der Waals surface area contributed by atoms with Gasteiger partial charge in [-0.3, -0.25) is 0 Å². The molecule has 1 aromatic carbocycles. The van der Waals surface area contributed by atoms with Crippen LogP contribution in [0, 0.1) is 5.82 Å². The van der Waals surface area contributed by atoms with Crippen molar-refractivity contribution in [3.05, 3.63) is 29.6 Å². The van der Waals surface area contributed by atoms with E-state index in [0.717, 1.165) is 24.3 Å². The minimum Gasteiger partial charge on any atom is -0.493 e. The average Bonchev–Trinajstić information content (AvgIpc) is 2.33. The molecule has 4 heteroatoms. The van der Waals surface area contributed by atoms with E-state index in [-0.39, 0.29) is 5.82 Å². The molecule has 1 N–H and O–H groups in total. The van der Waals surface area contributed by atoms with Gasteiger partial charge in [-0.25, -0.2) is 4.39 Å². The maximum Gasteiger partial charge on any atom is 0.123 e. The minimum absolute atomic E-state index is 0.221. The van der Waals surface area contributed by atoms with Gasteiger partial charge in [-0.15, -0.1) is 0 Å². The third-order valence-electron chi connectivity index (χ3n) is 2.73. The molecule has 1 aromatic rings. The van der Waals surface area contributed by atoms with Gasteiger partial charge in [0.05, 0.1) is 6.61 Å². The second-order valence-corrected chi connectivity index (χ2v) is 5.29. The van der Waals surface area contributed by atoms with Gasteiger partial charge in [-0.1, -0.05) is 13.8 Å². The quantitative estimate of drug-likeness (QED) is 0.734. The Morgan fingerprint density at radius 1 is 1.32 bits per heavy atom. The van der Waals surface area contributed by atoms with Crippen molar-refractivity contribution in [2.45, 2.75) is 32.9 Å². The summed E-state index contributed by atoms with van der Waals surface area (Å²) >= 11 is 0. The molecule has 0 unspecified atom stereocenters. The van der Waals surface area contributed by atoms with Crippen molar-refractivity contribution < 1.29 is 9.13 Å². The predicted octanol–water partition coefficient (Wildman–Crippen LogP) is 2.65. The molecule has 1 rings (SSSR count). The molecule has 0 radical (unpaired) electrons. The Balaban J connectivity index is 2.55. The van der Waals surface area contributed by atoms with Crippen molar-refractivity contribution in [3.63, 3.8) is 0 Å². The van der Waals surface area contributed by atoms with Crippen molar-refractivity contribution in [1.29, 1.82) is 0 Å². The van der Waals surface area contributed by atoms with Gasteiger partial charge >= 0.3 is 0 Å². The van der Waals surface area contributed by atoms with E-state index in [1.807, 2.05) is 14.1 Å². The fourth-order valence-corrected chi connectivity index (χ4v) is 1.70. The Morgan fingerprint density at radius 3 is 2.68 bits per heavy atom. The smallest absolute Gasteiger partial charge is 0.123 e. The highest BCUT2D eigenvalue weighted by Crippen LogP contribution is 2.20. The number of benzene rings is 1. The summed E-state index contributed by atoms with van der Waals surface area (Å²) in [5.74, 6) is 0.550. The Labute approximate surface area is 115 Å². The van der Waals surface area contributed by atoms with E-state index < -0.39 is 0 Å². The Morgan fingerprint density at radius 2 is 2.05 bits per heavy atom. The van der Waals surface area contributed by atoms with Crippen LogP contribution in [0.1, 0.15) is 25.8 Å². The summed E-state index contributed by atoms with van der Waals surface area (Å²) in [7, 11) is 4.08. The Kier molecular flexibility index (Phi) is 6.81. The molecule has 3 nitrogen and oxygen atoms in total. The highest BCUT2D eigenvalue weighted by Gasteiger charge is 2.06. The third kappa shape index (κ3) is 6.55. The highest BCUT2D eigenvalue weighted by atomic mass is 19.1. The summed E-state index contributed by atoms with van der Waals surface area (Å²) in [6.07, 6.45) is 0.960. The van der Waals surface area contributed by atoms with Gasteiger partial charge in [-0.2, -0.15) is 0 Å². The van der Waals surface area contributed by atoms with Gasteiger partial charge in [0.1, 0.15) is 11.6 Å². The van der Waals surface area contributed by atoms with Crippen LogP contribution in [0.2, 0.25) is 0 Å². The first-order chi connectivity index (χ1) is 8.99. The molecule has 0 aliphatic heterocycles. The molecule has 0 heterocycles. The Bertz CT molecular complexity index is 380. The van der Waals surface area contributed by atoms with Gasteiger partial charge in [-0.05, 0) is 38.7 Å². The van der Waals surface area contributed by atoms with E-state index in [1.165, 1.54) is 12.1 Å². The lowest BCUT2D eigenvalue weighted by atomic mass is 10.2. The van der Waals surface area contributed by atoms with E-state index in [9.17, 15) is 4.39 Å². The first-order valence-electron chi connectivity index (χ1n) is 6.78. The summed E-state index contributed by atoms with van der Waals surface area (Å²) in [6.45, 7) is 6.39. The summed E-state index contributed by atoms with van der Waals surface area (Å²) in [6, 6.07) is 5.06. The zero-order chi connectivity index (χ0) is 14.3. The van der Waals surface area contributed by atoms with Crippen molar-refractivity contribution in [1.82, 2.24) is 10.2 Å². The lowest BCUT2D eigenvalue weighted by molar-refractivity contribution is 0.278. The molecular weight excluding hydrogens is 243 g/mol. The molecule has 0 fully saturated rings. The zero-order valence-corrected chi connectivity index (χ0v) is 12.4. The van der Waals surface area contributed by atoms with Crippen LogP contribution >= 0.6 is 0 Å². The van der Waals surface area contributed by atoms with Crippen LogP contribution in [0.25, 0.3) is 0 Å². The molecule has 0 aliphatic carbocycles. The number of hydrogen-bond acceptors (Lipinski definition) is 3. The molecule has 0 atom stereocenters. The van der Waals surface area contributed by atoms with Gasteiger partial charge < -0.3 is 15.0 Å². The number of nitrogens with zero attached hydrogens (tertiary/aromatic N) is 1. The average molecular weight is 268 g/mol. The fourth-order valence-electron chi connectivity index (χ4n) is 1.70. The van der Waals surface area contributed by atoms with Gasteiger partial charge in [0.15, 0.2) is 0 Å². The molecule has 108 valence electrons. The van der Waals surface area contributed by atoms with Crippen LogP contribution < -0.4 is 10.1 Å². The summed E-state index contributed by atoms with van der Waals surface area (Å²) < 4.78 is 19.0. The summed E-state index contributed by atoms with van der Waals surface area (Å²) in [5.41, 5.74) is 0.874. The standard InChI is InChI=1S/C15H25FN2O/c1-12(2)17-11-13-10-14(16)6-7-15(13)19-9-5-8-18(3)4/h6-7,10,12,17H,5,8-9,11H2,1-4H3. The first-order valence-corrected chi connectivity index (χ1v) is 6.78. The Hall–Kier alpha value is -1.13. The monoisotopic (exact) mass is 268 g/mol. The SMILES string of the molecule is CC(C)NCc1cc(F)ccc1OCCCN(C)C. The van der Waals surface area contributed by atoms with Gasteiger partial charge in [0, 0.05) is 24.7 Å². The van der Waals surface area contributed by atoms with Crippen LogP contribution in [-0.4, -0.2) is 38.2 Å². The van der Waals surface area contributed by atoms with E-state index in [2.05, 4.69) is 24.1 Å². The highest BCUT2D eigenvalue weighted by molar-refractivity contribution is 5.33. The van der Waals surface area contributed by atoms with Crippen molar-refractivity contribution in [2.75, 3.05) is 27.2 Å². The van der Waals surface area contributed by atoms with Gasteiger partial charge in [0.2, 0.25) is 0 Å². The number of hydrogen-bond donors (Lipinski definition) is 1. The third-order valence-corrected chi connectivity index (χ3v) is 2.73. The molecule has 0 saturated carbocycles. The first kappa shape index (κ1) is 15.9. The van der Waals surface area contributed by atoms with Crippen LogP contribution in [0.4, 0.5) is 4.39 Å². The molecule has 19 heavy (non-hydrogen) atoms. The predicted molar refractivity (Wildman–Crippen MR) is 77.0 cm³/mol. The zero-order valence-electron chi connectivity index (χ0n) is 12.4. The summed E-state index contributed by atoms with van der Waals surface area (Å²) in [4.78, 5) is 2.12. The van der Waals surface area contributed by atoms with Crippen LogP contribution in [0.5, 0.6) is 5.75 Å². The molecular formula is C15H25FN2O. The lowest BCUT2D eigenvalue weighted by Gasteiger charge is -2.15. The molecule has 0 spiro atoms. The van der Waals surface area contributed by atoms with E-state index in [0.29, 0.717) is 19.2 Å². The number of nitrogens with one attached hydrogen (secondary N) is 1. The van der Waals surface area contributed by atoms with E-state index in [1.54, 1.807) is 6.07 Å². The molecule has 0 aromatic heterocycles. The second kappa shape index (κ2) is 8.12. The maximum absolute atomic E-state index is 13.3. The van der Waals surface area contributed by atoms with E-state index >= 15 is 0 Å². The van der Waals surface area contributed by atoms with Crippen LogP contribution in [0.15, 0.2) is 18.2 Å². The fraction of sp³-hybridized carbons (Fsp3) is 0.600. The molecule has 0 amide bonds. The number of halogens is 1. The van der Waals surface area contributed by atoms with Gasteiger partial charge in [0.25, 0.3) is 0 Å². The second-order valence-electron chi connectivity index (χ2n) is 5.29. The largest absolute Gasteiger partial charge is 0.493 e. The topological polar surface area (TPSA) is 24.5 Å². The molecule has 0 saturated heterocycles. The van der Waals surface area contributed by atoms with Crippen molar-refractivity contribution in [2.24, 2.45) is 0 Å². The van der Waals surface area contributed by atoms with Crippen LogP contribution in [-0.2, 0) is 6.54 Å². The molecule has 0 aliphatic rings. The van der Waals surface area contributed by atoms with Crippen LogP contribution in [0.3, 0.4) is 0 Å². The van der Waals surface area contributed by atoms with E-state index in [4.69, 9.17) is 4.74 Å². The summed E-state index contributed by atoms with van der Waals surface area (Å²) in [5, 5.41) is 3.28. The lowest BCUT2D eigenvalue weighted by Crippen LogP contribution is -2.22. The number of rotatable bonds is 8. The van der Waals surface area contributed by atoms with Crippen molar-refractivity contribution >= 4 is 0 Å². The maximum atomic E-state index is 13.3. The van der Waals surface area contributed by atoms with Crippen molar-refractivity contribution in [3.8, 4) is 5.75 Å². The minimum atomic E-state index is -0.221.